The van der Waals surface area contributed by atoms with Gasteiger partial charge in [-0.15, -0.1) is 0 Å². The van der Waals surface area contributed by atoms with E-state index in [0.29, 0.717) is 11.1 Å². The Morgan fingerprint density at radius 1 is 1.36 bits per heavy atom. The summed E-state index contributed by atoms with van der Waals surface area (Å²) in [4.78, 5) is 11.1. The Bertz CT molecular complexity index is 581. The van der Waals surface area contributed by atoms with Crippen LogP contribution in [-0.2, 0) is 16.6 Å². The van der Waals surface area contributed by atoms with Crippen LogP contribution in [0.25, 0.3) is 0 Å². The van der Waals surface area contributed by atoms with Crippen molar-refractivity contribution in [3.05, 3.63) is 29.3 Å². The van der Waals surface area contributed by atoms with Crippen molar-refractivity contribution >= 4 is 5.97 Å². The molecule has 0 amide bonds. The summed E-state index contributed by atoms with van der Waals surface area (Å²) in [5.41, 5.74) is 0.421. The fourth-order valence-corrected chi connectivity index (χ4v) is 2.42. The second-order valence-electron chi connectivity index (χ2n) is 6.09. The molecule has 1 aliphatic heterocycles. The van der Waals surface area contributed by atoms with E-state index in [4.69, 9.17) is 9.84 Å². The van der Waals surface area contributed by atoms with Crippen LogP contribution in [0.2, 0.25) is 0 Å². The van der Waals surface area contributed by atoms with Gasteiger partial charge in [0.05, 0.1) is 6.61 Å². The van der Waals surface area contributed by atoms with Crippen LogP contribution in [0.5, 0.6) is 5.75 Å². The van der Waals surface area contributed by atoms with Crippen molar-refractivity contribution in [1.29, 1.82) is 0 Å². The molecule has 122 valence electrons. The van der Waals surface area contributed by atoms with Crippen LogP contribution in [0.4, 0.5) is 13.2 Å². The van der Waals surface area contributed by atoms with Crippen LogP contribution >= 0.6 is 0 Å². The topological polar surface area (TPSA) is 66.8 Å². The Kier molecular flexibility index (Phi) is 4.12. The fraction of sp³-hybridized carbons (Fsp3) is 0.533. The van der Waals surface area contributed by atoms with Gasteiger partial charge in [0.15, 0.2) is 0 Å². The molecule has 2 unspecified atom stereocenters. The molecule has 0 aromatic heterocycles. The summed E-state index contributed by atoms with van der Waals surface area (Å²) in [6.07, 6.45) is -7.37. The van der Waals surface area contributed by atoms with Gasteiger partial charge in [-0.05, 0) is 23.6 Å². The minimum atomic E-state index is -4.76. The number of ether oxygens (including phenoxy) is 1. The predicted octanol–water partition coefficient (Wildman–Crippen LogP) is 2.52. The number of halogens is 3. The first-order valence-electron chi connectivity index (χ1n) is 6.76. The van der Waals surface area contributed by atoms with Crippen LogP contribution < -0.4 is 4.74 Å². The van der Waals surface area contributed by atoms with Crippen LogP contribution in [0.3, 0.4) is 0 Å². The number of alkyl halides is 3. The lowest BCUT2D eigenvalue weighted by Crippen LogP contribution is -2.47. The van der Waals surface area contributed by atoms with E-state index in [1.54, 1.807) is 26.0 Å². The summed E-state index contributed by atoms with van der Waals surface area (Å²) in [6.45, 7) is 3.32. The highest BCUT2D eigenvalue weighted by Gasteiger charge is 2.52. The normalized spacial score (nSPS) is 21.9. The first-order valence-corrected chi connectivity index (χ1v) is 6.76. The molecule has 0 bridgehead atoms. The summed E-state index contributed by atoms with van der Waals surface area (Å²) in [6, 6.07) is 4.68. The molecule has 7 heteroatoms. The lowest BCUT2D eigenvalue weighted by atomic mass is 9.83. The quantitative estimate of drug-likeness (QED) is 0.899. The van der Waals surface area contributed by atoms with E-state index in [2.05, 4.69) is 0 Å². The second-order valence-corrected chi connectivity index (χ2v) is 6.09. The van der Waals surface area contributed by atoms with Gasteiger partial charge in [0.1, 0.15) is 11.7 Å². The molecule has 0 fully saturated rings. The van der Waals surface area contributed by atoms with Gasteiger partial charge < -0.3 is 14.9 Å². The van der Waals surface area contributed by atoms with Gasteiger partial charge in [0.25, 0.3) is 0 Å². The molecule has 2 N–H and O–H groups in total. The number of rotatable bonds is 3. The average Bonchev–Trinajstić information content (AvgIpc) is 2.44. The van der Waals surface area contributed by atoms with E-state index >= 15 is 0 Å². The van der Waals surface area contributed by atoms with Crippen LogP contribution in [-0.4, -0.2) is 35.1 Å². The first-order chi connectivity index (χ1) is 10.1. The summed E-state index contributed by atoms with van der Waals surface area (Å²) in [5.74, 6) is -3.17. The Balaban J connectivity index is 2.43. The molecule has 1 aromatic rings. The summed E-state index contributed by atoms with van der Waals surface area (Å²) in [7, 11) is 0. The summed E-state index contributed by atoms with van der Waals surface area (Å²) in [5, 5.41) is 18.4. The Morgan fingerprint density at radius 3 is 2.50 bits per heavy atom. The zero-order valence-electron chi connectivity index (χ0n) is 12.1. The highest BCUT2D eigenvalue weighted by Crippen LogP contribution is 2.40. The van der Waals surface area contributed by atoms with Crippen molar-refractivity contribution in [3.63, 3.8) is 0 Å². The average molecular weight is 318 g/mol. The zero-order chi connectivity index (χ0) is 16.7. The molecular weight excluding hydrogens is 301 g/mol. The lowest BCUT2D eigenvalue weighted by Gasteiger charge is -2.33. The molecule has 1 heterocycles. The van der Waals surface area contributed by atoms with Gasteiger partial charge in [-0.25, -0.2) is 0 Å². The van der Waals surface area contributed by atoms with E-state index in [9.17, 15) is 23.1 Å². The number of fused-ring (bicyclic) bond motifs is 1. The molecule has 2 atom stereocenters. The van der Waals surface area contributed by atoms with Crippen molar-refractivity contribution in [2.75, 3.05) is 6.61 Å². The van der Waals surface area contributed by atoms with Crippen molar-refractivity contribution in [1.82, 2.24) is 0 Å². The monoisotopic (exact) mass is 318 g/mol. The zero-order valence-corrected chi connectivity index (χ0v) is 12.1. The van der Waals surface area contributed by atoms with Gasteiger partial charge >= 0.3 is 12.1 Å². The number of aliphatic hydroxyl groups is 1. The van der Waals surface area contributed by atoms with E-state index < -0.39 is 29.6 Å². The SMILES string of the molecule is CC(C)(CO)c1ccc2c(c1)OC(C(F)(F)F)C(C(=O)O)C2. The lowest BCUT2D eigenvalue weighted by molar-refractivity contribution is -0.217. The van der Waals surface area contributed by atoms with Crippen LogP contribution in [0.15, 0.2) is 18.2 Å². The molecule has 0 spiro atoms. The van der Waals surface area contributed by atoms with Gasteiger partial charge in [-0.2, -0.15) is 13.2 Å². The number of carboxylic acids is 1. The smallest absolute Gasteiger partial charge is 0.426 e. The van der Waals surface area contributed by atoms with Gasteiger partial charge in [-0.1, -0.05) is 26.0 Å². The van der Waals surface area contributed by atoms with Gasteiger partial charge in [0.2, 0.25) is 6.10 Å². The van der Waals surface area contributed by atoms with Crippen LogP contribution in [0.1, 0.15) is 25.0 Å². The highest BCUT2D eigenvalue weighted by molar-refractivity contribution is 5.72. The molecule has 2 rings (SSSR count). The molecule has 4 nitrogen and oxygen atoms in total. The Hall–Kier alpha value is -1.76. The van der Waals surface area contributed by atoms with Crippen molar-refractivity contribution in [2.45, 2.75) is 38.0 Å². The summed E-state index contributed by atoms with van der Waals surface area (Å²) < 4.78 is 44.0. The number of hydrogen-bond donors (Lipinski definition) is 2. The molecule has 0 saturated heterocycles. The summed E-state index contributed by atoms with van der Waals surface area (Å²) >= 11 is 0. The highest BCUT2D eigenvalue weighted by atomic mass is 19.4. The molecule has 0 saturated carbocycles. The second kappa shape index (κ2) is 5.46. The van der Waals surface area contributed by atoms with Crippen molar-refractivity contribution < 1.29 is 32.9 Å². The minimum absolute atomic E-state index is 0.0267. The first kappa shape index (κ1) is 16.6. The van der Waals surface area contributed by atoms with Crippen molar-refractivity contribution in [2.24, 2.45) is 5.92 Å². The third-order valence-electron chi connectivity index (χ3n) is 3.94. The van der Waals surface area contributed by atoms with Crippen molar-refractivity contribution in [3.8, 4) is 5.75 Å². The Labute approximate surface area is 125 Å². The minimum Gasteiger partial charge on any atom is -0.481 e. The maximum atomic E-state index is 13.0. The number of carbonyl (C=O) groups is 1. The van der Waals surface area contributed by atoms with Crippen LogP contribution in [0, 0.1) is 5.92 Å². The number of aliphatic hydroxyl groups excluding tert-OH is 1. The maximum Gasteiger partial charge on any atom is 0.426 e. The van der Waals surface area contributed by atoms with E-state index in [0.717, 1.165) is 0 Å². The number of benzene rings is 1. The third-order valence-corrected chi connectivity index (χ3v) is 3.94. The van der Waals surface area contributed by atoms with Gasteiger partial charge in [-0.3, -0.25) is 4.79 Å². The maximum absolute atomic E-state index is 13.0. The Morgan fingerprint density at radius 2 is 2.00 bits per heavy atom. The van der Waals surface area contributed by atoms with E-state index in [-0.39, 0.29) is 18.8 Å². The third kappa shape index (κ3) is 3.04. The molecule has 0 aliphatic carbocycles. The fourth-order valence-electron chi connectivity index (χ4n) is 2.42. The molecule has 1 aromatic carbocycles. The number of carboxylic acid groups (broad SMARTS) is 1. The standard InChI is InChI=1S/C15H17F3O4/c1-14(2,7-19)9-4-3-8-5-10(13(20)21)12(15(16,17)18)22-11(8)6-9/h3-4,6,10,12,19H,5,7H2,1-2H3,(H,20,21). The number of aliphatic carboxylic acids is 1. The van der Waals surface area contributed by atoms with E-state index in [1.165, 1.54) is 6.07 Å². The molecular formula is C15H17F3O4. The largest absolute Gasteiger partial charge is 0.481 e. The molecule has 0 radical (unpaired) electrons. The van der Waals surface area contributed by atoms with Gasteiger partial charge in [0, 0.05) is 5.41 Å². The molecule has 1 aliphatic rings. The molecule has 22 heavy (non-hydrogen) atoms. The predicted molar refractivity (Wildman–Crippen MR) is 71.9 cm³/mol. The number of hydrogen-bond acceptors (Lipinski definition) is 3. The van der Waals surface area contributed by atoms with E-state index in [1.807, 2.05) is 0 Å².